The van der Waals surface area contributed by atoms with E-state index in [0.717, 1.165) is 44.0 Å². The predicted molar refractivity (Wildman–Crippen MR) is 129 cm³/mol. The second-order valence-corrected chi connectivity index (χ2v) is 7.83. The average Bonchev–Trinajstić information content (AvgIpc) is 2.82. The van der Waals surface area contributed by atoms with Gasteiger partial charge in [0.05, 0.1) is 11.4 Å². The zero-order valence-corrected chi connectivity index (χ0v) is 17.9. The molecule has 6 heteroatoms. The highest BCUT2D eigenvalue weighted by Crippen LogP contribution is 2.19. The van der Waals surface area contributed by atoms with Gasteiger partial charge < -0.3 is 16.0 Å². The Balaban J connectivity index is 1.25. The van der Waals surface area contributed by atoms with Crippen molar-refractivity contribution in [3.05, 3.63) is 95.8 Å². The van der Waals surface area contributed by atoms with Gasteiger partial charge in [-0.15, -0.1) is 0 Å². The number of nitrogens with zero attached hydrogens (tertiary/aromatic N) is 2. The molecule has 1 heterocycles. The van der Waals surface area contributed by atoms with Gasteiger partial charge in [-0.25, -0.2) is 4.39 Å². The largest absolute Gasteiger partial charge is 0.397 e. The van der Waals surface area contributed by atoms with Crippen LogP contribution in [0.25, 0.3) is 6.08 Å². The Morgan fingerprint density at radius 1 is 0.938 bits per heavy atom. The monoisotopic (exact) mass is 430 g/mol. The summed E-state index contributed by atoms with van der Waals surface area (Å²) in [6.07, 6.45) is 4.22. The molecule has 0 saturated carbocycles. The maximum atomic E-state index is 13.1. The van der Waals surface area contributed by atoms with Gasteiger partial charge in [0, 0.05) is 44.0 Å². The third kappa shape index (κ3) is 5.53. The molecule has 1 amide bonds. The normalized spacial score (nSPS) is 14.6. The van der Waals surface area contributed by atoms with Gasteiger partial charge >= 0.3 is 0 Å². The van der Waals surface area contributed by atoms with E-state index in [2.05, 4.69) is 27.3 Å². The summed E-state index contributed by atoms with van der Waals surface area (Å²) in [5, 5.41) is 2.84. The number of para-hydroxylation sites is 2. The zero-order chi connectivity index (χ0) is 22.3. The Labute approximate surface area is 188 Å². The number of benzene rings is 3. The fraction of sp³-hybridized carbons (Fsp3) is 0.192. The molecule has 164 valence electrons. The fourth-order valence-corrected chi connectivity index (χ4v) is 3.73. The molecule has 0 bridgehead atoms. The molecule has 1 saturated heterocycles. The molecule has 3 aromatic rings. The lowest BCUT2D eigenvalue weighted by Gasteiger charge is -2.35. The molecular formula is C26H27FN4O. The molecule has 0 aromatic heterocycles. The van der Waals surface area contributed by atoms with Crippen molar-refractivity contribution in [2.75, 3.05) is 48.7 Å². The molecule has 0 radical (unpaired) electrons. The van der Waals surface area contributed by atoms with Crippen molar-refractivity contribution in [2.45, 2.75) is 0 Å². The zero-order valence-electron chi connectivity index (χ0n) is 17.9. The molecule has 32 heavy (non-hydrogen) atoms. The number of halogens is 1. The number of carbonyl (C=O) groups is 1. The Morgan fingerprint density at radius 2 is 1.62 bits per heavy atom. The quantitative estimate of drug-likeness (QED) is 0.566. The summed E-state index contributed by atoms with van der Waals surface area (Å²) in [5.41, 5.74) is 9.74. The first-order valence-corrected chi connectivity index (χ1v) is 10.7. The first-order valence-electron chi connectivity index (χ1n) is 10.7. The second-order valence-electron chi connectivity index (χ2n) is 7.83. The van der Waals surface area contributed by atoms with Crippen molar-refractivity contribution in [3.8, 4) is 0 Å². The van der Waals surface area contributed by atoms with E-state index >= 15 is 0 Å². The minimum Gasteiger partial charge on any atom is -0.397 e. The van der Waals surface area contributed by atoms with Crippen molar-refractivity contribution in [1.29, 1.82) is 0 Å². The lowest BCUT2D eigenvalue weighted by atomic mass is 10.1. The molecular weight excluding hydrogens is 403 g/mol. The number of amides is 1. The van der Waals surface area contributed by atoms with E-state index in [1.54, 1.807) is 12.1 Å². The van der Waals surface area contributed by atoms with Crippen LogP contribution in [0, 0.1) is 5.82 Å². The van der Waals surface area contributed by atoms with Crippen molar-refractivity contribution in [1.82, 2.24) is 4.90 Å². The standard InChI is InChI=1S/C26H27FN4O/c27-22-11-13-23(14-12-22)31-18-16-30(17-19-31)15-3-4-20-7-9-21(10-8-20)26(32)29-25-6-2-1-5-24(25)28/h1-14H,15-19,28H2,(H,29,32). The number of hydrogen-bond donors (Lipinski definition) is 2. The number of anilines is 3. The van der Waals surface area contributed by atoms with Crippen LogP contribution >= 0.6 is 0 Å². The number of nitrogens with one attached hydrogen (secondary N) is 1. The Morgan fingerprint density at radius 3 is 2.31 bits per heavy atom. The average molecular weight is 431 g/mol. The van der Waals surface area contributed by atoms with Gasteiger partial charge in [-0.05, 0) is 54.1 Å². The minimum atomic E-state index is -0.202. The summed E-state index contributed by atoms with van der Waals surface area (Å²) < 4.78 is 13.1. The van der Waals surface area contributed by atoms with Gasteiger partial charge in [0.2, 0.25) is 0 Å². The lowest BCUT2D eigenvalue weighted by molar-refractivity contribution is 0.102. The Kier molecular flexibility index (Phi) is 6.82. The van der Waals surface area contributed by atoms with E-state index in [9.17, 15) is 9.18 Å². The number of carbonyl (C=O) groups excluding carboxylic acids is 1. The van der Waals surface area contributed by atoms with Gasteiger partial charge in [0.1, 0.15) is 5.82 Å². The van der Waals surface area contributed by atoms with Crippen LogP contribution in [0.2, 0.25) is 0 Å². The van der Waals surface area contributed by atoms with Crippen molar-refractivity contribution >= 4 is 29.0 Å². The molecule has 0 spiro atoms. The topological polar surface area (TPSA) is 61.6 Å². The van der Waals surface area contributed by atoms with Crippen molar-refractivity contribution in [3.63, 3.8) is 0 Å². The summed E-state index contributed by atoms with van der Waals surface area (Å²) in [7, 11) is 0. The first-order chi connectivity index (χ1) is 15.6. The number of hydrogen-bond acceptors (Lipinski definition) is 4. The molecule has 3 aromatic carbocycles. The van der Waals surface area contributed by atoms with Crippen molar-refractivity contribution < 1.29 is 9.18 Å². The molecule has 0 atom stereocenters. The lowest BCUT2D eigenvalue weighted by Crippen LogP contribution is -2.46. The molecule has 1 fully saturated rings. The predicted octanol–water partition coefficient (Wildman–Crippen LogP) is 4.50. The van der Waals surface area contributed by atoms with Gasteiger partial charge in [-0.2, -0.15) is 0 Å². The van der Waals surface area contributed by atoms with E-state index < -0.39 is 0 Å². The molecule has 0 aliphatic carbocycles. The van der Waals surface area contributed by atoms with Crippen LogP contribution in [0.5, 0.6) is 0 Å². The van der Waals surface area contributed by atoms with E-state index in [1.807, 2.05) is 48.5 Å². The fourth-order valence-electron chi connectivity index (χ4n) is 3.73. The van der Waals surface area contributed by atoms with Gasteiger partial charge in [-0.3, -0.25) is 9.69 Å². The highest BCUT2D eigenvalue weighted by Gasteiger charge is 2.16. The van der Waals surface area contributed by atoms with Crippen LogP contribution in [-0.4, -0.2) is 43.5 Å². The van der Waals surface area contributed by atoms with Crippen LogP contribution in [0.1, 0.15) is 15.9 Å². The molecule has 1 aliphatic rings. The number of nitrogen functional groups attached to an aromatic ring is 1. The van der Waals surface area contributed by atoms with E-state index in [0.29, 0.717) is 16.9 Å². The van der Waals surface area contributed by atoms with E-state index in [-0.39, 0.29) is 11.7 Å². The molecule has 0 unspecified atom stereocenters. The van der Waals surface area contributed by atoms with Gasteiger partial charge in [-0.1, -0.05) is 36.4 Å². The second kappa shape index (κ2) is 10.1. The van der Waals surface area contributed by atoms with Crippen LogP contribution in [-0.2, 0) is 0 Å². The molecule has 1 aliphatic heterocycles. The number of rotatable bonds is 6. The molecule has 3 N–H and O–H groups in total. The van der Waals surface area contributed by atoms with Crippen LogP contribution < -0.4 is 16.0 Å². The number of nitrogens with two attached hydrogens (primary N) is 1. The Hall–Kier alpha value is -3.64. The van der Waals surface area contributed by atoms with E-state index in [4.69, 9.17) is 5.73 Å². The first kappa shape index (κ1) is 21.6. The van der Waals surface area contributed by atoms with Gasteiger partial charge in [0.15, 0.2) is 0 Å². The SMILES string of the molecule is Nc1ccccc1NC(=O)c1ccc(C=CCN2CCN(c3ccc(F)cc3)CC2)cc1. The summed E-state index contributed by atoms with van der Waals surface area (Å²) >= 11 is 0. The maximum Gasteiger partial charge on any atom is 0.255 e. The molecule has 4 rings (SSSR count). The minimum absolute atomic E-state index is 0.183. The summed E-state index contributed by atoms with van der Waals surface area (Å²) in [6, 6.07) is 21.4. The van der Waals surface area contributed by atoms with Crippen molar-refractivity contribution in [2.24, 2.45) is 0 Å². The van der Waals surface area contributed by atoms with Crippen LogP contribution in [0.4, 0.5) is 21.5 Å². The van der Waals surface area contributed by atoms with Crippen LogP contribution in [0.15, 0.2) is 78.9 Å². The van der Waals surface area contributed by atoms with Crippen LogP contribution in [0.3, 0.4) is 0 Å². The Bertz CT molecular complexity index is 1070. The number of piperazine rings is 1. The van der Waals surface area contributed by atoms with E-state index in [1.165, 1.54) is 12.1 Å². The third-order valence-corrected chi connectivity index (χ3v) is 5.62. The smallest absolute Gasteiger partial charge is 0.255 e. The summed E-state index contributed by atoms with van der Waals surface area (Å²) in [4.78, 5) is 17.1. The summed E-state index contributed by atoms with van der Waals surface area (Å²) in [5.74, 6) is -0.385. The highest BCUT2D eigenvalue weighted by molar-refractivity contribution is 6.05. The third-order valence-electron chi connectivity index (χ3n) is 5.62. The summed E-state index contributed by atoms with van der Waals surface area (Å²) in [6.45, 7) is 4.64. The molecule has 5 nitrogen and oxygen atoms in total. The maximum absolute atomic E-state index is 13.1. The van der Waals surface area contributed by atoms with Gasteiger partial charge in [0.25, 0.3) is 5.91 Å². The highest BCUT2D eigenvalue weighted by atomic mass is 19.1.